The Bertz CT molecular complexity index is 478. The molecule has 0 saturated heterocycles. The van der Waals surface area contributed by atoms with Crippen LogP contribution in [-0.4, -0.2) is 21.2 Å². The second-order valence-corrected chi connectivity index (χ2v) is 6.76. The second kappa shape index (κ2) is 5.08. The van der Waals surface area contributed by atoms with Crippen LogP contribution < -0.4 is 5.32 Å². The lowest BCUT2D eigenvalue weighted by Gasteiger charge is -2.10. The summed E-state index contributed by atoms with van der Waals surface area (Å²) >= 11 is 0. The Morgan fingerprint density at radius 3 is 2.65 bits per heavy atom. The van der Waals surface area contributed by atoms with E-state index in [1.54, 1.807) is 12.1 Å². The predicted octanol–water partition coefficient (Wildman–Crippen LogP) is 2.69. The summed E-state index contributed by atoms with van der Waals surface area (Å²) in [7, 11) is -3.14. The van der Waals surface area contributed by atoms with Crippen LogP contribution in [0.3, 0.4) is 0 Å². The van der Waals surface area contributed by atoms with E-state index in [0.29, 0.717) is 4.90 Å². The van der Waals surface area contributed by atoms with Crippen LogP contribution in [-0.2, 0) is 9.84 Å². The van der Waals surface area contributed by atoms with Crippen molar-refractivity contribution < 1.29 is 8.42 Å². The first-order valence-corrected chi connectivity index (χ1v) is 7.99. The number of hydrogen-bond donors (Lipinski definition) is 1. The second-order valence-electron chi connectivity index (χ2n) is 4.78. The molecule has 0 spiro atoms. The minimum absolute atomic E-state index is 0.395. The van der Waals surface area contributed by atoms with Gasteiger partial charge in [-0.2, -0.15) is 0 Å². The highest BCUT2D eigenvalue weighted by atomic mass is 32.2. The largest absolute Gasteiger partial charge is 0.384 e. The van der Waals surface area contributed by atoms with E-state index >= 15 is 0 Å². The maximum absolute atomic E-state index is 11.6. The van der Waals surface area contributed by atoms with Gasteiger partial charge in [0.05, 0.1) is 10.6 Å². The summed E-state index contributed by atoms with van der Waals surface area (Å²) in [5.74, 6) is 0.932. The van der Waals surface area contributed by atoms with Gasteiger partial charge in [-0.25, -0.2) is 8.42 Å². The molecule has 2 rings (SSSR count). The first-order valence-electron chi connectivity index (χ1n) is 6.10. The minimum Gasteiger partial charge on any atom is -0.384 e. The Balaban J connectivity index is 1.94. The molecule has 17 heavy (non-hydrogen) atoms. The molecule has 0 aromatic heterocycles. The molecule has 0 radical (unpaired) electrons. The molecule has 0 aliphatic heterocycles. The SMILES string of the molecule is CS(=O)(=O)c1ccccc1NCCCC1CC1. The van der Waals surface area contributed by atoms with Crippen LogP contribution in [0.25, 0.3) is 0 Å². The average Bonchev–Trinajstić information content (AvgIpc) is 3.07. The Morgan fingerprint density at radius 2 is 2.00 bits per heavy atom. The summed E-state index contributed by atoms with van der Waals surface area (Å²) in [6.07, 6.45) is 6.37. The highest BCUT2D eigenvalue weighted by Gasteiger charge is 2.20. The molecule has 0 heterocycles. The fourth-order valence-electron chi connectivity index (χ4n) is 1.96. The van der Waals surface area contributed by atoms with Crippen molar-refractivity contribution in [2.24, 2.45) is 5.92 Å². The third-order valence-corrected chi connectivity index (χ3v) is 4.24. The van der Waals surface area contributed by atoms with E-state index in [-0.39, 0.29) is 0 Å². The van der Waals surface area contributed by atoms with E-state index in [0.717, 1.165) is 24.6 Å². The van der Waals surface area contributed by atoms with Gasteiger partial charge in [-0.3, -0.25) is 0 Å². The van der Waals surface area contributed by atoms with Gasteiger partial charge in [0.1, 0.15) is 0 Å². The maximum Gasteiger partial charge on any atom is 0.177 e. The number of anilines is 1. The number of hydrogen-bond acceptors (Lipinski definition) is 3. The van der Waals surface area contributed by atoms with Crippen molar-refractivity contribution in [2.45, 2.75) is 30.6 Å². The molecule has 1 saturated carbocycles. The van der Waals surface area contributed by atoms with Crippen molar-refractivity contribution >= 4 is 15.5 Å². The maximum atomic E-state index is 11.6. The summed E-state index contributed by atoms with van der Waals surface area (Å²) in [6, 6.07) is 7.09. The number of para-hydroxylation sites is 1. The lowest BCUT2D eigenvalue weighted by molar-refractivity contribution is 0.602. The van der Waals surface area contributed by atoms with Crippen molar-refractivity contribution in [1.82, 2.24) is 0 Å². The van der Waals surface area contributed by atoms with Crippen LogP contribution in [0.4, 0.5) is 5.69 Å². The van der Waals surface area contributed by atoms with Gasteiger partial charge in [0, 0.05) is 12.8 Å². The molecule has 4 heteroatoms. The fraction of sp³-hybridized carbons (Fsp3) is 0.538. The van der Waals surface area contributed by atoms with Crippen molar-refractivity contribution in [3.8, 4) is 0 Å². The number of rotatable bonds is 6. The summed E-state index contributed by atoms with van der Waals surface area (Å²) in [5, 5.41) is 3.22. The molecule has 1 aliphatic rings. The van der Waals surface area contributed by atoms with Crippen LogP contribution >= 0.6 is 0 Å². The molecule has 0 amide bonds. The highest BCUT2D eigenvalue weighted by molar-refractivity contribution is 7.90. The molecule has 1 aromatic rings. The molecule has 1 fully saturated rings. The number of benzene rings is 1. The summed E-state index contributed by atoms with van der Waals surface area (Å²) in [6.45, 7) is 0.850. The van der Waals surface area contributed by atoms with Gasteiger partial charge < -0.3 is 5.32 Å². The van der Waals surface area contributed by atoms with E-state index in [4.69, 9.17) is 0 Å². The molecule has 1 aliphatic carbocycles. The van der Waals surface area contributed by atoms with Gasteiger partial charge >= 0.3 is 0 Å². The highest BCUT2D eigenvalue weighted by Crippen LogP contribution is 2.33. The van der Waals surface area contributed by atoms with Crippen LogP contribution in [0.15, 0.2) is 29.2 Å². The lowest BCUT2D eigenvalue weighted by Crippen LogP contribution is -2.07. The summed E-state index contributed by atoms with van der Waals surface area (Å²) in [4.78, 5) is 0.395. The Morgan fingerprint density at radius 1 is 1.29 bits per heavy atom. The van der Waals surface area contributed by atoms with E-state index in [9.17, 15) is 8.42 Å². The zero-order valence-corrected chi connectivity index (χ0v) is 11.0. The standard InChI is InChI=1S/C13H19NO2S/c1-17(15,16)13-7-3-2-6-12(13)14-10-4-5-11-8-9-11/h2-3,6-7,11,14H,4-5,8-10H2,1H3. The summed E-state index contributed by atoms with van der Waals surface area (Å²) in [5.41, 5.74) is 0.728. The third kappa shape index (κ3) is 3.73. The average molecular weight is 253 g/mol. The zero-order valence-electron chi connectivity index (χ0n) is 10.1. The van der Waals surface area contributed by atoms with Gasteiger partial charge in [0.15, 0.2) is 9.84 Å². The smallest absolute Gasteiger partial charge is 0.177 e. The van der Waals surface area contributed by atoms with Crippen LogP contribution in [0, 0.1) is 5.92 Å². The van der Waals surface area contributed by atoms with Crippen molar-refractivity contribution in [3.63, 3.8) is 0 Å². The van der Waals surface area contributed by atoms with Gasteiger partial charge in [-0.05, 0) is 30.9 Å². The van der Waals surface area contributed by atoms with Gasteiger partial charge in [0.2, 0.25) is 0 Å². The first-order chi connectivity index (χ1) is 8.07. The molecule has 1 aromatic carbocycles. The van der Waals surface area contributed by atoms with Crippen LogP contribution in [0.5, 0.6) is 0 Å². The van der Waals surface area contributed by atoms with Gasteiger partial charge in [0.25, 0.3) is 0 Å². The van der Waals surface area contributed by atoms with Crippen LogP contribution in [0.1, 0.15) is 25.7 Å². The topological polar surface area (TPSA) is 46.2 Å². The van der Waals surface area contributed by atoms with E-state index in [1.165, 1.54) is 25.5 Å². The molecule has 94 valence electrons. The molecular weight excluding hydrogens is 234 g/mol. The van der Waals surface area contributed by atoms with E-state index in [2.05, 4.69) is 5.32 Å². The molecule has 1 N–H and O–H groups in total. The molecule has 3 nitrogen and oxygen atoms in total. The molecule has 0 bridgehead atoms. The monoisotopic (exact) mass is 253 g/mol. The van der Waals surface area contributed by atoms with Crippen molar-refractivity contribution in [3.05, 3.63) is 24.3 Å². The molecule has 0 unspecified atom stereocenters. The first kappa shape index (κ1) is 12.4. The van der Waals surface area contributed by atoms with Crippen molar-refractivity contribution in [2.75, 3.05) is 18.1 Å². The number of sulfone groups is 1. The molecular formula is C13H19NO2S. The Labute approximate surface area is 103 Å². The predicted molar refractivity (Wildman–Crippen MR) is 70.0 cm³/mol. The minimum atomic E-state index is -3.14. The number of nitrogens with one attached hydrogen (secondary N) is 1. The molecule has 0 atom stereocenters. The van der Waals surface area contributed by atoms with Gasteiger partial charge in [-0.1, -0.05) is 25.0 Å². The lowest BCUT2D eigenvalue weighted by atomic mass is 10.2. The van der Waals surface area contributed by atoms with E-state index in [1.807, 2.05) is 12.1 Å². The normalized spacial score (nSPS) is 15.8. The Hall–Kier alpha value is -1.03. The zero-order chi connectivity index (χ0) is 12.3. The quantitative estimate of drug-likeness (QED) is 0.793. The Kier molecular flexibility index (Phi) is 3.72. The fourth-order valence-corrected chi connectivity index (χ4v) is 2.82. The van der Waals surface area contributed by atoms with Gasteiger partial charge in [-0.15, -0.1) is 0 Å². The third-order valence-electron chi connectivity index (χ3n) is 3.09. The van der Waals surface area contributed by atoms with E-state index < -0.39 is 9.84 Å². The summed E-state index contributed by atoms with van der Waals surface area (Å²) < 4.78 is 23.1. The van der Waals surface area contributed by atoms with Crippen molar-refractivity contribution in [1.29, 1.82) is 0 Å². The van der Waals surface area contributed by atoms with Crippen LogP contribution in [0.2, 0.25) is 0 Å².